The van der Waals surface area contributed by atoms with Gasteiger partial charge in [0.1, 0.15) is 0 Å². The van der Waals surface area contributed by atoms with Crippen LogP contribution in [-0.2, 0) is 4.79 Å². The molecule has 0 bridgehead atoms. The molecule has 0 aliphatic rings. The van der Waals surface area contributed by atoms with Crippen molar-refractivity contribution in [2.45, 2.75) is 64.7 Å². The van der Waals surface area contributed by atoms with Gasteiger partial charge in [-0.3, -0.25) is 0 Å². The maximum Gasteiger partial charge on any atom is 0.327 e. The zero-order chi connectivity index (χ0) is 11.4. The van der Waals surface area contributed by atoms with Gasteiger partial charge in [-0.15, -0.1) is 0 Å². The highest BCUT2D eigenvalue weighted by Crippen LogP contribution is 2.09. The SMILES string of the molecule is CCCCCCCCCC/C=C\C(=O)O. The van der Waals surface area contributed by atoms with E-state index in [0.717, 1.165) is 12.8 Å². The summed E-state index contributed by atoms with van der Waals surface area (Å²) >= 11 is 0. The average Bonchev–Trinajstić information content (AvgIpc) is 2.20. The van der Waals surface area contributed by atoms with Gasteiger partial charge in [-0.05, 0) is 12.8 Å². The summed E-state index contributed by atoms with van der Waals surface area (Å²) in [4.78, 5) is 10.1. The third kappa shape index (κ3) is 13.2. The van der Waals surface area contributed by atoms with Crippen LogP contribution in [-0.4, -0.2) is 11.1 Å². The Morgan fingerprint density at radius 1 is 1.00 bits per heavy atom. The predicted octanol–water partition coefficient (Wildman–Crippen LogP) is 4.16. The van der Waals surface area contributed by atoms with E-state index in [1.807, 2.05) is 0 Å². The molecule has 2 nitrogen and oxygen atoms in total. The topological polar surface area (TPSA) is 37.3 Å². The van der Waals surface area contributed by atoms with Crippen LogP contribution >= 0.6 is 0 Å². The molecule has 0 saturated carbocycles. The predicted molar refractivity (Wildman–Crippen MR) is 64.0 cm³/mol. The fourth-order valence-electron chi connectivity index (χ4n) is 1.58. The molecule has 0 spiro atoms. The minimum atomic E-state index is -0.838. The molecule has 0 heterocycles. The van der Waals surface area contributed by atoms with E-state index in [4.69, 9.17) is 5.11 Å². The monoisotopic (exact) mass is 212 g/mol. The lowest BCUT2D eigenvalue weighted by molar-refractivity contribution is -0.131. The fourth-order valence-corrected chi connectivity index (χ4v) is 1.58. The highest BCUT2D eigenvalue weighted by molar-refractivity contribution is 5.79. The molecule has 0 aromatic carbocycles. The summed E-state index contributed by atoms with van der Waals surface area (Å²) < 4.78 is 0. The fraction of sp³-hybridized carbons (Fsp3) is 0.769. The Labute approximate surface area is 93.4 Å². The Balaban J connectivity index is 3.02. The summed E-state index contributed by atoms with van der Waals surface area (Å²) in [7, 11) is 0. The van der Waals surface area contributed by atoms with Crippen molar-refractivity contribution in [3.8, 4) is 0 Å². The quantitative estimate of drug-likeness (QED) is 0.436. The van der Waals surface area contributed by atoms with Crippen LogP contribution in [0.5, 0.6) is 0 Å². The summed E-state index contributed by atoms with van der Waals surface area (Å²) in [6.45, 7) is 2.23. The van der Waals surface area contributed by atoms with Gasteiger partial charge in [-0.2, -0.15) is 0 Å². The molecule has 0 rings (SSSR count). The van der Waals surface area contributed by atoms with Crippen molar-refractivity contribution < 1.29 is 9.90 Å². The number of hydrogen-bond acceptors (Lipinski definition) is 1. The highest BCUT2D eigenvalue weighted by atomic mass is 16.4. The molecule has 88 valence electrons. The number of unbranched alkanes of at least 4 members (excludes halogenated alkanes) is 8. The number of allylic oxidation sites excluding steroid dienone is 1. The number of aliphatic carboxylic acids is 1. The van der Waals surface area contributed by atoms with E-state index in [1.54, 1.807) is 6.08 Å². The standard InChI is InChI=1S/C13H24O2/c1-2-3-4-5-6-7-8-9-10-11-12-13(14)15/h11-12H,2-10H2,1H3,(H,14,15)/b12-11-. The number of rotatable bonds is 10. The second kappa shape index (κ2) is 11.3. The van der Waals surface area contributed by atoms with Gasteiger partial charge in [-0.1, -0.05) is 57.9 Å². The molecule has 2 heteroatoms. The molecule has 0 saturated heterocycles. The summed E-state index contributed by atoms with van der Waals surface area (Å²) in [5.41, 5.74) is 0. The van der Waals surface area contributed by atoms with Crippen molar-refractivity contribution >= 4 is 5.97 Å². The van der Waals surface area contributed by atoms with Crippen LogP contribution in [0.1, 0.15) is 64.7 Å². The van der Waals surface area contributed by atoms with Gasteiger partial charge in [0.05, 0.1) is 0 Å². The van der Waals surface area contributed by atoms with E-state index < -0.39 is 5.97 Å². The van der Waals surface area contributed by atoms with E-state index in [0.29, 0.717) is 0 Å². The molecule has 0 aliphatic heterocycles. The van der Waals surface area contributed by atoms with Crippen molar-refractivity contribution in [2.24, 2.45) is 0 Å². The molecule has 0 atom stereocenters. The van der Waals surface area contributed by atoms with Crippen molar-refractivity contribution in [2.75, 3.05) is 0 Å². The number of carboxylic acids is 1. The molecule has 0 radical (unpaired) electrons. The highest BCUT2D eigenvalue weighted by Gasteiger charge is 1.90. The van der Waals surface area contributed by atoms with Gasteiger partial charge < -0.3 is 5.11 Å². The first kappa shape index (κ1) is 14.2. The van der Waals surface area contributed by atoms with E-state index in [1.165, 1.54) is 51.0 Å². The maximum atomic E-state index is 10.1. The minimum Gasteiger partial charge on any atom is -0.478 e. The maximum absolute atomic E-state index is 10.1. The van der Waals surface area contributed by atoms with Crippen molar-refractivity contribution in [3.63, 3.8) is 0 Å². The Hall–Kier alpha value is -0.790. The van der Waals surface area contributed by atoms with Gasteiger partial charge in [-0.25, -0.2) is 4.79 Å². The zero-order valence-corrected chi connectivity index (χ0v) is 9.87. The molecule has 0 aromatic rings. The van der Waals surface area contributed by atoms with Gasteiger partial charge in [0.2, 0.25) is 0 Å². The molecule has 0 aromatic heterocycles. The lowest BCUT2D eigenvalue weighted by Crippen LogP contribution is -1.85. The molecular formula is C13H24O2. The van der Waals surface area contributed by atoms with Crippen LogP contribution in [0.4, 0.5) is 0 Å². The van der Waals surface area contributed by atoms with Crippen LogP contribution in [0.2, 0.25) is 0 Å². The molecule has 15 heavy (non-hydrogen) atoms. The summed E-state index contributed by atoms with van der Waals surface area (Å²) in [5.74, 6) is -0.838. The normalized spacial score (nSPS) is 11.0. The average molecular weight is 212 g/mol. The second-order valence-corrected chi connectivity index (χ2v) is 4.00. The first-order chi connectivity index (χ1) is 7.27. The van der Waals surface area contributed by atoms with E-state index in [2.05, 4.69) is 6.92 Å². The first-order valence-corrected chi connectivity index (χ1v) is 6.17. The van der Waals surface area contributed by atoms with Gasteiger partial charge in [0, 0.05) is 6.08 Å². The Morgan fingerprint density at radius 2 is 1.53 bits per heavy atom. The van der Waals surface area contributed by atoms with Crippen LogP contribution in [0.3, 0.4) is 0 Å². The van der Waals surface area contributed by atoms with Gasteiger partial charge in [0.25, 0.3) is 0 Å². The number of carbonyl (C=O) groups is 1. The van der Waals surface area contributed by atoms with E-state index >= 15 is 0 Å². The Morgan fingerprint density at radius 3 is 2.07 bits per heavy atom. The number of hydrogen-bond donors (Lipinski definition) is 1. The largest absolute Gasteiger partial charge is 0.478 e. The van der Waals surface area contributed by atoms with E-state index in [9.17, 15) is 4.79 Å². The van der Waals surface area contributed by atoms with Crippen molar-refractivity contribution in [1.29, 1.82) is 0 Å². The van der Waals surface area contributed by atoms with Crippen molar-refractivity contribution in [1.82, 2.24) is 0 Å². The molecule has 0 amide bonds. The third-order valence-electron chi connectivity index (χ3n) is 2.48. The molecule has 0 aliphatic carbocycles. The molecular weight excluding hydrogens is 188 g/mol. The molecule has 0 fully saturated rings. The third-order valence-corrected chi connectivity index (χ3v) is 2.48. The molecule has 1 N–H and O–H groups in total. The molecule has 0 unspecified atom stereocenters. The van der Waals surface area contributed by atoms with Gasteiger partial charge in [0.15, 0.2) is 0 Å². The Bertz CT molecular complexity index is 173. The Kier molecular flexibility index (Phi) is 10.7. The van der Waals surface area contributed by atoms with Gasteiger partial charge >= 0.3 is 5.97 Å². The summed E-state index contributed by atoms with van der Waals surface area (Å²) in [6, 6.07) is 0. The van der Waals surface area contributed by atoms with Crippen LogP contribution < -0.4 is 0 Å². The summed E-state index contributed by atoms with van der Waals surface area (Å²) in [6.07, 6.45) is 14.3. The summed E-state index contributed by atoms with van der Waals surface area (Å²) in [5, 5.41) is 8.35. The van der Waals surface area contributed by atoms with Crippen molar-refractivity contribution in [3.05, 3.63) is 12.2 Å². The minimum absolute atomic E-state index is 0.838. The van der Waals surface area contributed by atoms with Crippen LogP contribution in [0.15, 0.2) is 12.2 Å². The van der Waals surface area contributed by atoms with Crippen LogP contribution in [0.25, 0.3) is 0 Å². The first-order valence-electron chi connectivity index (χ1n) is 6.17. The second-order valence-electron chi connectivity index (χ2n) is 4.00. The zero-order valence-electron chi connectivity index (χ0n) is 9.87. The van der Waals surface area contributed by atoms with E-state index in [-0.39, 0.29) is 0 Å². The van der Waals surface area contributed by atoms with Crippen LogP contribution in [0, 0.1) is 0 Å². The lowest BCUT2D eigenvalue weighted by atomic mass is 10.1. The lowest BCUT2D eigenvalue weighted by Gasteiger charge is -1.99. The number of carboxylic acid groups (broad SMARTS) is 1. The smallest absolute Gasteiger partial charge is 0.327 e.